The SMILES string of the molecule is O=C(N[C@H]1C[C@H]2C(=O)N[C@@H](Cc3c[nH]c4ccccc34)C(=O)N2C1)c1ccc(C(F)(F)F)cc1. The highest BCUT2D eigenvalue weighted by atomic mass is 19.4. The van der Waals surface area contributed by atoms with Crippen LogP contribution in [0.1, 0.15) is 27.9 Å². The van der Waals surface area contributed by atoms with Crippen molar-refractivity contribution in [2.75, 3.05) is 6.54 Å². The molecule has 3 heterocycles. The van der Waals surface area contributed by atoms with Crippen molar-refractivity contribution in [1.82, 2.24) is 20.5 Å². The van der Waals surface area contributed by atoms with Gasteiger partial charge < -0.3 is 20.5 Å². The molecule has 1 aromatic heterocycles. The smallest absolute Gasteiger partial charge is 0.361 e. The molecule has 2 aliphatic heterocycles. The molecule has 5 rings (SSSR count). The summed E-state index contributed by atoms with van der Waals surface area (Å²) in [6, 6.07) is 9.70. The Labute approximate surface area is 192 Å². The van der Waals surface area contributed by atoms with Crippen LogP contribution in [-0.4, -0.2) is 52.3 Å². The van der Waals surface area contributed by atoms with Crippen molar-refractivity contribution in [3.8, 4) is 0 Å². The van der Waals surface area contributed by atoms with Crippen LogP contribution in [0.2, 0.25) is 0 Å². The lowest BCUT2D eigenvalue weighted by Crippen LogP contribution is -2.61. The first kappa shape index (κ1) is 22.0. The van der Waals surface area contributed by atoms with E-state index in [4.69, 9.17) is 0 Å². The molecule has 0 radical (unpaired) electrons. The number of rotatable bonds is 4. The van der Waals surface area contributed by atoms with Gasteiger partial charge in [-0.2, -0.15) is 13.2 Å². The third-order valence-corrected chi connectivity index (χ3v) is 6.41. The standard InChI is InChI=1S/C24H21F3N4O3/c25-24(26,27)15-7-5-13(6-8-15)21(32)29-16-10-20-22(33)30-19(23(34)31(20)12-16)9-14-11-28-18-4-2-1-3-17(14)18/h1-8,11,16,19-20,28H,9-10,12H2,(H,29,32)(H,30,33)/t16-,19-,20-/m0/s1. The minimum atomic E-state index is -4.49. The molecule has 0 unspecified atom stereocenters. The van der Waals surface area contributed by atoms with Crippen molar-refractivity contribution >= 4 is 28.6 Å². The molecule has 34 heavy (non-hydrogen) atoms. The third-order valence-electron chi connectivity index (χ3n) is 6.41. The minimum absolute atomic E-state index is 0.0749. The average molecular weight is 470 g/mol. The van der Waals surface area contributed by atoms with E-state index in [-0.39, 0.29) is 30.3 Å². The number of carbonyl (C=O) groups excluding carboxylic acids is 3. The molecule has 2 aliphatic rings. The molecule has 176 valence electrons. The van der Waals surface area contributed by atoms with E-state index in [0.29, 0.717) is 6.42 Å². The number of aromatic amines is 1. The first-order valence-corrected chi connectivity index (χ1v) is 10.8. The van der Waals surface area contributed by atoms with Gasteiger partial charge in [0.1, 0.15) is 12.1 Å². The number of fused-ring (bicyclic) bond motifs is 2. The van der Waals surface area contributed by atoms with Crippen molar-refractivity contribution in [3.63, 3.8) is 0 Å². The van der Waals surface area contributed by atoms with Crippen molar-refractivity contribution in [2.24, 2.45) is 0 Å². The zero-order valence-electron chi connectivity index (χ0n) is 17.9. The summed E-state index contributed by atoms with van der Waals surface area (Å²) in [4.78, 5) is 43.0. The Morgan fingerprint density at radius 2 is 1.82 bits per heavy atom. The highest BCUT2D eigenvalue weighted by Gasteiger charge is 2.46. The summed E-state index contributed by atoms with van der Waals surface area (Å²) < 4.78 is 38.2. The number of hydrogen-bond donors (Lipinski definition) is 3. The van der Waals surface area contributed by atoms with Crippen molar-refractivity contribution in [3.05, 3.63) is 71.4 Å². The van der Waals surface area contributed by atoms with Crippen LogP contribution in [0.15, 0.2) is 54.7 Å². The summed E-state index contributed by atoms with van der Waals surface area (Å²) >= 11 is 0. The molecular weight excluding hydrogens is 449 g/mol. The number of aromatic nitrogens is 1. The Kier molecular flexibility index (Phi) is 5.30. The quantitative estimate of drug-likeness (QED) is 0.547. The van der Waals surface area contributed by atoms with E-state index in [9.17, 15) is 27.6 Å². The molecule has 2 aromatic carbocycles. The molecule has 0 saturated carbocycles. The van der Waals surface area contributed by atoms with E-state index in [0.717, 1.165) is 40.7 Å². The summed E-state index contributed by atoms with van der Waals surface area (Å²) in [5.74, 6) is -1.06. The largest absolute Gasteiger partial charge is 0.416 e. The Morgan fingerprint density at radius 3 is 2.56 bits per heavy atom. The normalized spacial score (nSPS) is 22.6. The van der Waals surface area contributed by atoms with E-state index < -0.39 is 35.8 Å². The molecule has 3 aromatic rings. The van der Waals surface area contributed by atoms with Crippen LogP contribution in [0, 0.1) is 0 Å². The molecule has 0 aliphatic carbocycles. The second-order valence-electron chi connectivity index (χ2n) is 8.61. The number of para-hydroxylation sites is 1. The summed E-state index contributed by atoms with van der Waals surface area (Å²) in [5.41, 5.74) is 1.09. The predicted octanol–water partition coefficient (Wildman–Crippen LogP) is 2.63. The number of amides is 3. The van der Waals surface area contributed by atoms with Crippen molar-refractivity contribution in [1.29, 1.82) is 0 Å². The Morgan fingerprint density at radius 1 is 1.09 bits per heavy atom. The third kappa shape index (κ3) is 4.00. The van der Waals surface area contributed by atoms with Gasteiger partial charge in [-0.3, -0.25) is 14.4 Å². The fourth-order valence-corrected chi connectivity index (χ4v) is 4.70. The maximum absolute atomic E-state index is 13.1. The van der Waals surface area contributed by atoms with Gasteiger partial charge in [0.15, 0.2) is 0 Å². The number of benzene rings is 2. The van der Waals surface area contributed by atoms with Crippen LogP contribution < -0.4 is 10.6 Å². The lowest BCUT2D eigenvalue weighted by atomic mass is 10.0. The monoisotopic (exact) mass is 470 g/mol. The molecule has 2 fully saturated rings. The second-order valence-corrected chi connectivity index (χ2v) is 8.61. The number of piperazine rings is 1. The van der Waals surface area contributed by atoms with Gasteiger partial charge in [-0.1, -0.05) is 18.2 Å². The van der Waals surface area contributed by atoms with Gasteiger partial charge in [-0.15, -0.1) is 0 Å². The number of nitrogens with one attached hydrogen (secondary N) is 3. The Hall–Kier alpha value is -3.82. The van der Waals surface area contributed by atoms with Crippen LogP contribution >= 0.6 is 0 Å². The molecular formula is C24H21F3N4O3. The maximum Gasteiger partial charge on any atom is 0.416 e. The molecule has 3 N–H and O–H groups in total. The van der Waals surface area contributed by atoms with Gasteiger partial charge in [0, 0.05) is 41.7 Å². The van der Waals surface area contributed by atoms with E-state index in [1.54, 1.807) is 0 Å². The van der Waals surface area contributed by atoms with Gasteiger partial charge in [0.05, 0.1) is 5.56 Å². The fourth-order valence-electron chi connectivity index (χ4n) is 4.70. The second kappa shape index (κ2) is 8.19. The lowest BCUT2D eigenvalue weighted by molar-refractivity contribution is -0.146. The summed E-state index contributed by atoms with van der Waals surface area (Å²) in [5, 5.41) is 6.52. The molecule has 3 amide bonds. The van der Waals surface area contributed by atoms with E-state index in [2.05, 4.69) is 15.6 Å². The number of hydrogen-bond acceptors (Lipinski definition) is 3. The maximum atomic E-state index is 13.1. The van der Waals surface area contributed by atoms with Crippen LogP contribution in [-0.2, 0) is 22.2 Å². The molecule has 3 atom stereocenters. The number of carbonyl (C=O) groups is 3. The lowest BCUT2D eigenvalue weighted by Gasteiger charge is -2.34. The number of alkyl halides is 3. The Balaban J connectivity index is 1.25. The predicted molar refractivity (Wildman–Crippen MR) is 117 cm³/mol. The first-order chi connectivity index (χ1) is 16.2. The average Bonchev–Trinajstić information content (AvgIpc) is 3.42. The van der Waals surface area contributed by atoms with Crippen LogP contribution in [0.4, 0.5) is 13.2 Å². The molecule has 10 heteroatoms. The highest BCUT2D eigenvalue weighted by molar-refractivity contribution is 5.99. The van der Waals surface area contributed by atoms with Crippen molar-refractivity contribution in [2.45, 2.75) is 37.1 Å². The topological polar surface area (TPSA) is 94.3 Å². The van der Waals surface area contributed by atoms with Gasteiger partial charge in [-0.25, -0.2) is 0 Å². The summed E-state index contributed by atoms with van der Waals surface area (Å²) in [6.45, 7) is 0.160. The molecule has 7 nitrogen and oxygen atoms in total. The van der Waals surface area contributed by atoms with Crippen LogP contribution in [0.25, 0.3) is 10.9 Å². The summed E-state index contributed by atoms with van der Waals surface area (Å²) in [7, 11) is 0. The van der Waals surface area contributed by atoms with Gasteiger partial charge >= 0.3 is 6.18 Å². The first-order valence-electron chi connectivity index (χ1n) is 10.8. The van der Waals surface area contributed by atoms with E-state index in [1.165, 1.54) is 4.90 Å². The summed E-state index contributed by atoms with van der Waals surface area (Å²) in [6.07, 6.45) is -2.09. The minimum Gasteiger partial charge on any atom is -0.361 e. The zero-order chi connectivity index (χ0) is 24.0. The van der Waals surface area contributed by atoms with Crippen LogP contribution in [0.3, 0.4) is 0 Å². The number of nitrogens with zero attached hydrogens (tertiary/aromatic N) is 1. The Bertz CT molecular complexity index is 1270. The van der Waals surface area contributed by atoms with Crippen molar-refractivity contribution < 1.29 is 27.6 Å². The fraction of sp³-hybridized carbons (Fsp3) is 0.292. The van der Waals surface area contributed by atoms with Gasteiger partial charge in [-0.05, 0) is 42.3 Å². The molecule has 0 spiro atoms. The van der Waals surface area contributed by atoms with E-state index in [1.807, 2.05) is 30.5 Å². The number of H-pyrrole nitrogens is 1. The van der Waals surface area contributed by atoms with E-state index >= 15 is 0 Å². The van der Waals surface area contributed by atoms with Crippen LogP contribution in [0.5, 0.6) is 0 Å². The highest BCUT2D eigenvalue weighted by Crippen LogP contribution is 2.29. The van der Waals surface area contributed by atoms with Gasteiger partial charge in [0.25, 0.3) is 5.91 Å². The number of halogens is 3. The zero-order valence-corrected chi connectivity index (χ0v) is 17.9. The molecule has 0 bridgehead atoms. The molecule has 2 saturated heterocycles. The van der Waals surface area contributed by atoms with Gasteiger partial charge in [0.2, 0.25) is 11.8 Å².